The Hall–Kier alpha value is -2.76. The third-order valence-corrected chi connectivity index (χ3v) is 5.40. The average molecular weight is 386 g/mol. The van der Waals surface area contributed by atoms with Crippen LogP contribution >= 0.6 is 0 Å². The molecule has 0 spiro atoms. The molecule has 0 saturated carbocycles. The second-order valence-corrected chi connectivity index (χ2v) is 7.32. The molecule has 0 radical (unpaired) electrons. The van der Waals surface area contributed by atoms with Gasteiger partial charge < -0.3 is 10.2 Å². The van der Waals surface area contributed by atoms with Crippen LogP contribution in [-0.2, 0) is 13.1 Å². The van der Waals surface area contributed by atoms with Gasteiger partial charge in [0.2, 0.25) is 0 Å². The Kier molecular flexibility index (Phi) is 5.11. The van der Waals surface area contributed by atoms with Crippen LogP contribution in [0.2, 0.25) is 0 Å². The molecule has 0 unspecified atom stereocenters. The van der Waals surface area contributed by atoms with E-state index in [1.165, 1.54) is 29.7 Å². The second kappa shape index (κ2) is 7.70. The zero-order valence-corrected chi connectivity index (χ0v) is 15.4. The maximum atomic E-state index is 13.9. The molecule has 3 nitrogen and oxygen atoms in total. The van der Waals surface area contributed by atoms with E-state index in [4.69, 9.17) is 0 Å². The van der Waals surface area contributed by atoms with E-state index >= 15 is 0 Å². The Morgan fingerprint density at radius 1 is 0.964 bits per heavy atom. The molecule has 0 saturated heterocycles. The molecular weight excluding hydrogens is 365 g/mol. The van der Waals surface area contributed by atoms with Crippen molar-refractivity contribution in [3.05, 3.63) is 70.5 Å². The SMILES string of the molecule is O=C(Nc1ccc(C2=CCCCCC2)cc1)N1Cc2cc(F)c(F)c(F)c2C1. The summed E-state index contributed by atoms with van der Waals surface area (Å²) >= 11 is 0. The summed E-state index contributed by atoms with van der Waals surface area (Å²) in [6, 6.07) is 8.16. The van der Waals surface area contributed by atoms with Gasteiger partial charge in [0.1, 0.15) is 0 Å². The van der Waals surface area contributed by atoms with Crippen molar-refractivity contribution in [3.8, 4) is 0 Å². The van der Waals surface area contributed by atoms with Crippen molar-refractivity contribution in [2.75, 3.05) is 5.32 Å². The number of allylic oxidation sites excluding steroid dienone is 2. The summed E-state index contributed by atoms with van der Waals surface area (Å²) < 4.78 is 40.7. The molecule has 1 N–H and O–H groups in total. The van der Waals surface area contributed by atoms with Crippen LogP contribution in [0, 0.1) is 17.5 Å². The van der Waals surface area contributed by atoms with Gasteiger partial charge in [-0.3, -0.25) is 0 Å². The topological polar surface area (TPSA) is 32.3 Å². The molecule has 1 aliphatic heterocycles. The largest absolute Gasteiger partial charge is 0.322 e. The first-order chi connectivity index (χ1) is 13.5. The van der Waals surface area contributed by atoms with Gasteiger partial charge in [-0.1, -0.05) is 24.6 Å². The number of anilines is 1. The van der Waals surface area contributed by atoms with Gasteiger partial charge in [0.25, 0.3) is 0 Å². The summed E-state index contributed by atoms with van der Waals surface area (Å²) in [4.78, 5) is 13.8. The lowest BCUT2D eigenvalue weighted by molar-refractivity contribution is 0.212. The highest BCUT2D eigenvalue weighted by Crippen LogP contribution is 2.30. The number of hydrogen-bond acceptors (Lipinski definition) is 1. The van der Waals surface area contributed by atoms with Gasteiger partial charge in [0, 0.05) is 17.8 Å². The number of nitrogens with zero attached hydrogens (tertiary/aromatic N) is 1. The van der Waals surface area contributed by atoms with Gasteiger partial charge in [-0.25, -0.2) is 18.0 Å². The summed E-state index contributed by atoms with van der Waals surface area (Å²) in [7, 11) is 0. The minimum absolute atomic E-state index is 0.0321. The molecule has 0 aromatic heterocycles. The molecule has 2 amide bonds. The maximum absolute atomic E-state index is 13.9. The number of carbonyl (C=O) groups is 1. The second-order valence-electron chi connectivity index (χ2n) is 7.32. The van der Waals surface area contributed by atoms with Gasteiger partial charge in [-0.2, -0.15) is 0 Å². The summed E-state index contributed by atoms with van der Waals surface area (Å²) in [6.07, 6.45) is 8.12. The molecule has 146 valence electrons. The molecule has 0 atom stereocenters. The van der Waals surface area contributed by atoms with Crippen molar-refractivity contribution in [2.45, 2.75) is 45.2 Å². The van der Waals surface area contributed by atoms with Crippen molar-refractivity contribution < 1.29 is 18.0 Å². The van der Waals surface area contributed by atoms with E-state index in [-0.39, 0.29) is 18.7 Å². The van der Waals surface area contributed by atoms with E-state index in [0.29, 0.717) is 11.3 Å². The Morgan fingerprint density at radius 3 is 2.54 bits per heavy atom. The Balaban J connectivity index is 1.43. The van der Waals surface area contributed by atoms with E-state index in [9.17, 15) is 18.0 Å². The standard InChI is InChI=1S/C22H21F3N2O/c23-19-11-16-12-27(13-18(16)20(24)21(19)25)22(28)26-17-9-7-15(8-10-17)14-5-3-1-2-4-6-14/h5,7-11H,1-4,6,12-13H2,(H,26,28). The molecule has 2 aromatic rings. The first-order valence-electron chi connectivity index (χ1n) is 9.53. The fourth-order valence-corrected chi connectivity index (χ4v) is 3.84. The normalized spacial score (nSPS) is 16.4. The molecule has 2 aliphatic rings. The third-order valence-electron chi connectivity index (χ3n) is 5.40. The molecule has 1 heterocycles. The summed E-state index contributed by atoms with van der Waals surface area (Å²) in [5, 5.41) is 2.77. The van der Waals surface area contributed by atoms with E-state index in [1.807, 2.05) is 24.3 Å². The number of rotatable bonds is 2. The Labute approximate surface area is 161 Å². The fraction of sp³-hybridized carbons (Fsp3) is 0.318. The summed E-state index contributed by atoms with van der Waals surface area (Å²) in [5.74, 6) is -3.95. The number of urea groups is 1. The first kappa shape index (κ1) is 18.6. The van der Waals surface area contributed by atoms with Crippen LogP contribution in [0.15, 0.2) is 36.4 Å². The van der Waals surface area contributed by atoms with E-state index in [0.717, 1.165) is 24.5 Å². The van der Waals surface area contributed by atoms with E-state index in [1.54, 1.807) is 0 Å². The lowest BCUT2D eigenvalue weighted by atomic mass is 10.0. The van der Waals surface area contributed by atoms with Gasteiger partial charge >= 0.3 is 6.03 Å². The van der Waals surface area contributed by atoms with Crippen LogP contribution in [0.1, 0.15) is 48.8 Å². The predicted molar refractivity (Wildman–Crippen MR) is 102 cm³/mol. The lowest BCUT2D eigenvalue weighted by Crippen LogP contribution is -2.30. The Morgan fingerprint density at radius 2 is 1.75 bits per heavy atom. The smallest absolute Gasteiger partial charge is 0.316 e. The maximum Gasteiger partial charge on any atom is 0.322 e. The minimum atomic E-state index is -1.50. The average Bonchev–Trinajstić information content (AvgIpc) is 2.93. The highest BCUT2D eigenvalue weighted by Gasteiger charge is 2.29. The molecule has 0 fully saturated rings. The van der Waals surface area contributed by atoms with Gasteiger partial charge in [0.15, 0.2) is 17.5 Å². The number of benzene rings is 2. The minimum Gasteiger partial charge on any atom is -0.316 e. The van der Waals surface area contributed by atoms with Crippen LogP contribution in [-0.4, -0.2) is 10.9 Å². The van der Waals surface area contributed by atoms with Crippen LogP contribution < -0.4 is 5.32 Å². The Bertz CT molecular complexity index is 938. The zero-order valence-electron chi connectivity index (χ0n) is 15.4. The number of halogens is 3. The fourth-order valence-electron chi connectivity index (χ4n) is 3.84. The third kappa shape index (κ3) is 3.63. The number of amides is 2. The number of fused-ring (bicyclic) bond motifs is 1. The van der Waals surface area contributed by atoms with Gasteiger partial charge in [-0.05, 0) is 60.6 Å². The first-order valence-corrected chi connectivity index (χ1v) is 9.53. The number of nitrogens with one attached hydrogen (secondary N) is 1. The summed E-state index contributed by atoms with van der Waals surface area (Å²) in [6.45, 7) is -0.0462. The monoisotopic (exact) mass is 386 g/mol. The van der Waals surface area contributed by atoms with Crippen molar-refractivity contribution in [1.82, 2.24) is 4.90 Å². The quantitative estimate of drug-likeness (QED) is 0.631. The van der Waals surface area contributed by atoms with Crippen molar-refractivity contribution in [3.63, 3.8) is 0 Å². The van der Waals surface area contributed by atoms with Crippen LogP contribution in [0.5, 0.6) is 0 Å². The van der Waals surface area contributed by atoms with Crippen LogP contribution in [0.25, 0.3) is 5.57 Å². The van der Waals surface area contributed by atoms with Gasteiger partial charge in [-0.15, -0.1) is 0 Å². The van der Waals surface area contributed by atoms with Crippen LogP contribution in [0.4, 0.5) is 23.7 Å². The molecule has 1 aliphatic carbocycles. The van der Waals surface area contributed by atoms with E-state index < -0.39 is 23.5 Å². The molecule has 4 rings (SSSR count). The molecule has 28 heavy (non-hydrogen) atoms. The predicted octanol–water partition coefficient (Wildman–Crippen LogP) is 6.00. The van der Waals surface area contributed by atoms with Crippen molar-refractivity contribution in [2.24, 2.45) is 0 Å². The zero-order chi connectivity index (χ0) is 19.7. The highest BCUT2D eigenvalue weighted by atomic mass is 19.2. The molecule has 2 aromatic carbocycles. The van der Waals surface area contributed by atoms with E-state index in [2.05, 4.69) is 11.4 Å². The highest BCUT2D eigenvalue weighted by molar-refractivity contribution is 5.90. The molecule has 6 heteroatoms. The lowest BCUT2D eigenvalue weighted by Gasteiger charge is -2.16. The van der Waals surface area contributed by atoms with Gasteiger partial charge in [0.05, 0.1) is 6.54 Å². The molecular formula is C22H21F3N2O. The number of hydrogen-bond donors (Lipinski definition) is 1. The number of carbonyl (C=O) groups excluding carboxylic acids is 1. The van der Waals surface area contributed by atoms with Crippen molar-refractivity contribution in [1.29, 1.82) is 0 Å². The summed E-state index contributed by atoms with van der Waals surface area (Å²) in [5.41, 5.74) is 3.44. The van der Waals surface area contributed by atoms with Crippen molar-refractivity contribution >= 4 is 17.3 Å². The molecule has 0 bridgehead atoms. The van der Waals surface area contributed by atoms with Crippen LogP contribution in [0.3, 0.4) is 0 Å².